The van der Waals surface area contributed by atoms with Crippen molar-refractivity contribution in [2.45, 2.75) is 6.61 Å². The minimum Gasteiger partial charge on any atom is -0.493 e. The number of rotatable bonds is 9. The van der Waals surface area contributed by atoms with Gasteiger partial charge < -0.3 is 14.8 Å². The zero-order chi connectivity index (χ0) is 22.8. The van der Waals surface area contributed by atoms with Crippen molar-refractivity contribution >= 4 is 29.6 Å². The van der Waals surface area contributed by atoms with E-state index in [0.717, 1.165) is 5.56 Å². The molecule has 8 heteroatoms. The summed E-state index contributed by atoms with van der Waals surface area (Å²) in [5.74, 6) is 0.309. The van der Waals surface area contributed by atoms with E-state index in [9.17, 15) is 9.59 Å². The molecule has 0 aliphatic rings. The van der Waals surface area contributed by atoms with Crippen LogP contribution in [-0.4, -0.2) is 31.7 Å². The van der Waals surface area contributed by atoms with Gasteiger partial charge >= 0.3 is 0 Å². The summed E-state index contributed by atoms with van der Waals surface area (Å²) in [6.07, 6.45) is 1.47. The Kier molecular flexibility index (Phi) is 8.22. The van der Waals surface area contributed by atoms with Crippen molar-refractivity contribution in [3.63, 3.8) is 0 Å². The van der Waals surface area contributed by atoms with E-state index >= 15 is 0 Å². The van der Waals surface area contributed by atoms with Gasteiger partial charge in [-0.1, -0.05) is 41.9 Å². The van der Waals surface area contributed by atoms with Gasteiger partial charge in [0.2, 0.25) is 0 Å². The van der Waals surface area contributed by atoms with Gasteiger partial charge in [0.05, 0.1) is 19.9 Å². The van der Waals surface area contributed by atoms with Crippen LogP contribution in [0, 0.1) is 0 Å². The SMILES string of the molecule is COc1cc(/C=N/NC(=O)CNC(=O)c2ccc(Cl)cc2)ccc1OCc1ccccc1. The molecule has 164 valence electrons. The Morgan fingerprint density at radius 2 is 1.75 bits per heavy atom. The van der Waals surface area contributed by atoms with Crippen molar-refractivity contribution in [2.24, 2.45) is 5.10 Å². The lowest BCUT2D eigenvalue weighted by molar-refractivity contribution is -0.120. The molecular formula is C24H22ClN3O4. The fraction of sp³-hybridized carbons (Fsp3) is 0.125. The number of carbonyl (C=O) groups excluding carboxylic acids is 2. The average molecular weight is 452 g/mol. The molecule has 0 spiro atoms. The lowest BCUT2D eigenvalue weighted by Crippen LogP contribution is -2.34. The highest BCUT2D eigenvalue weighted by Crippen LogP contribution is 2.28. The second kappa shape index (κ2) is 11.5. The van der Waals surface area contributed by atoms with Gasteiger partial charge in [0.15, 0.2) is 11.5 Å². The summed E-state index contributed by atoms with van der Waals surface area (Å²) in [5, 5.41) is 6.96. The lowest BCUT2D eigenvalue weighted by atomic mass is 10.2. The van der Waals surface area contributed by atoms with Crippen molar-refractivity contribution in [3.05, 3.63) is 94.5 Å². The fourth-order valence-electron chi connectivity index (χ4n) is 2.70. The molecule has 7 nitrogen and oxygen atoms in total. The van der Waals surface area contributed by atoms with Crippen LogP contribution in [0.3, 0.4) is 0 Å². The van der Waals surface area contributed by atoms with E-state index in [4.69, 9.17) is 21.1 Å². The topological polar surface area (TPSA) is 89.0 Å². The highest BCUT2D eigenvalue weighted by molar-refractivity contribution is 6.30. The molecule has 0 aliphatic carbocycles. The first kappa shape index (κ1) is 22.8. The van der Waals surface area contributed by atoms with Crippen LogP contribution in [0.25, 0.3) is 0 Å². The number of halogens is 1. The van der Waals surface area contributed by atoms with E-state index in [2.05, 4.69) is 15.8 Å². The lowest BCUT2D eigenvalue weighted by Gasteiger charge is -2.11. The maximum atomic E-state index is 12.0. The van der Waals surface area contributed by atoms with E-state index in [-0.39, 0.29) is 12.5 Å². The Morgan fingerprint density at radius 3 is 2.47 bits per heavy atom. The van der Waals surface area contributed by atoms with Crippen LogP contribution in [0.4, 0.5) is 0 Å². The molecule has 0 bridgehead atoms. The normalized spacial score (nSPS) is 10.6. The highest BCUT2D eigenvalue weighted by Gasteiger charge is 2.08. The molecule has 3 aromatic carbocycles. The van der Waals surface area contributed by atoms with Crippen LogP contribution < -0.4 is 20.2 Å². The first-order chi connectivity index (χ1) is 15.5. The van der Waals surface area contributed by atoms with E-state index in [1.54, 1.807) is 49.6 Å². The van der Waals surface area contributed by atoms with Gasteiger partial charge in [0.25, 0.3) is 11.8 Å². The molecular weight excluding hydrogens is 430 g/mol. The van der Waals surface area contributed by atoms with Gasteiger partial charge in [-0.2, -0.15) is 5.10 Å². The van der Waals surface area contributed by atoms with Crippen LogP contribution in [0.15, 0.2) is 77.9 Å². The summed E-state index contributed by atoms with van der Waals surface area (Å²) in [6.45, 7) is 0.205. The third-order valence-electron chi connectivity index (χ3n) is 4.34. The molecule has 0 saturated carbocycles. The zero-order valence-corrected chi connectivity index (χ0v) is 18.1. The molecule has 2 amide bonds. The summed E-state index contributed by atoms with van der Waals surface area (Å²) in [5.41, 5.74) is 4.53. The van der Waals surface area contributed by atoms with Crippen molar-refractivity contribution in [1.29, 1.82) is 0 Å². The van der Waals surface area contributed by atoms with Gasteiger partial charge in [0.1, 0.15) is 6.61 Å². The molecule has 0 saturated heterocycles. The molecule has 0 heterocycles. The van der Waals surface area contributed by atoms with Crippen LogP contribution in [0.2, 0.25) is 5.02 Å². The van der Waals surface area contributed by atoms with E-state index < -0.39 is 5.91 Å². The number of carbonyl (C=O) groups is 2. The highest BCUT2D eigenvalue weighted by atomic mass is 35.5. The summed E-state index contributed by atoms with van der Waals surface area (Å²) in [4.78, 5) is 23.9. The van der Waals surface area contributed by atoms with E-state index in [1.807, 2.05) is 30.3 Å². The molecule has 3 rings (SSSR count). The molecule has 3 aromatic rings. The zero-order valence-electron chi connectivity index (χ0n) is 17.4. The Hall–Kier alpha value is -3.84. The average Bonchev–Trinajstić information content (AvgIpc) is 2.82. The Bertz CT molecular complexity index is 1090. The molecule has 32 heavy (non-hydrogen) atoms. The number of methoxy groups -OCH3 is 1. The van der Waals surface area contributed by atoms with E-state index in [0.29, 0.717) is 34.3 Å². The number of nitrogens with one attached hydrogen (secondary N) is 2. The maximum absolute atomic E-state index is 12.0. The Morgan fingerprint density at radius 1 is 1.00 bits per heavy atom. The predicted molar refractivity (Wildman–Crippen MR) is 123 cm³/mol. The number of ether oxygens (including phenoxy) is 2. The monoisotopic (exact) mass is 451 g/mol. The van der Waals surface area contributed by atoms with Crippen LogP contribution in [0.5, 0.6) is 11.5 Å². The summed E-state index contributed by atoms with van der Waals surface area (Å²) < 4.78 is 11.2. The fourth-order valence-corrected chi connectivity index (χ4v) is 2.83. The summed E-state index contributed by atoms with van der Waals surface area (Å²) >= 11 is 5.79. The first-order valence-electron chi connectivity index (χ1n) is 9.75. The maximum Gasteiger partial charge on any atom is 0.259 e. The second-order valence-electron chi connectivity index (χ2n) is 6.67. The van der Waals surface area contributed by atoms with Crippen molar-refractivity contribution in [3.8, 4) is 11.5 Å². The third-order valence-corrected chi connectivity index (χ3v) is 4.60. The molecule has 0 fully saturated rings. The van der Waals surface area contributed by atoms with Crippen molar-refractivity contribution in [2.75, 3.05) is 13.7 Å². The largest absolute Gasteiger partial charge is 0.493 e. The van der Waals surface area contributed by atoms with Crippen LogP contribution >= 0.6 is 11.6 Å². The van der Waals surface area contributed by atoms with Gasteiger partial charge in [-0.05, 0) is 53.6 Å². The number of hydrogen-bond acceptors (Lipinski definition) is 5. The Labute approximate surface area is 191 Å². The van der Waals surface area contributed by atoms with E-state index in [1.165, 1.54) is 6.21 Å². The smallest absolute Gasteiger partial charge is 0.259 e. The minimum atomic E-state index is -0.460. The minimum absolute atomic E-state index is 0.214. The number of amides is 2. The van der Waals surface area contributed by atoms with Crippen LogP contribution in [0.1, 0.15) is 21.5 Å². The number of hydrogen-bond donors (Lipinski definition) is 2. The molecule has 0 radical (unpaired) electrons. The first-order valence-corrected chi connectivity index (χ1v) is 10.1. The van der Waals surface area contributed by atoms with Crippen LogP contribution in [-0.2, 0) is 11.4 Å². The molecule has 2 N–H and O–H groups in total. The Balaban J connectivity index is 1.49. The standard InChI is InChI=1S/C24H22ClN3O4/c1-31-22-13-18(7-12-21(22)32-16-17-5-3-2-4-6-17)14-27-28-23(29)15-26-24(30)19-8-10-20(25)11-9-19/h2-14H,15-16H2,1H3,(H,26,30)(H,28,29)/b27-14+. The second-order valence-corrected chi connectivity index (χ2v) is 7.10. The van der Waals surface area contributed by atoms with Crippen molar-refractivity contribution in [1.82, 2.24) is 10.7 Å². The quantitative estimate of drug-likeness (QED) is 0.382. The molecule has 0 atom stereocenters. The number of benzene rings is 3. The van der Waals surface area contributed by atoms with Gasteiger partial charge in [-0.3, -0.25) is 9.59 Å². The molecule has 0 unspecified atom stereocenters. The van der Waals surface area contributed by atoms with Crippen molar-refractivity contribution < 1.29 is 19.1 Å². The predicted octanol–water partition coefficient (Wildman–Crippen LogP) is 3.81. The number of nitrogens with zero attached hydrogens (tertiary/aromatic N) is 1. The number of hydrazone groups is 1. The third kappa shape index (κ3) is 6.85. The molecule has 0 aliphatic heterocycles. The van der Waals surface area contributed by atoms with Gasteiger partial charge in [-0.15, -0.1) is 0 Å². The van der Waals surface area contributed by atoms with Gasteiger partial charge in [-0.25, -0.2) is 5.43 Å². The van der Waals surface area contributed by atoms with Gasteiger partial charge in [0, 0.05) is 10.6 Å². The summed E-state index contributed by atoms with van der Waals surface area (Å²) in [6, 6.07) is 21.5. The molecule has 0 aromatic heterocycles. The summed E-state index contributed by atoms with van der Waals surface area (Å²) in [7, 11) is 1.55.